The summed E-state index contributed by atoms with van der Waals surface area (Å²) in [7, 11) is 0. The molecule has 51 heavy (non-hydrogen) atoms. The van der Waals surface area contributed by atoms with Crippen LogP contribution in [0.3, 0.4) is 0 Å². The molecule has 0 saturated carbocycles. The molecule has 16 heteroatoms. The van der Waals surface area contributed by atoms with Gasteiger partial charge in [-0.25, -0.2) is 18.6 Å². The molecule has 1 unspecified atom stereocenters. The van der Waals surface area contributed by atoms with E-state index >= 15 is 8.78 Å². The third-order valence-corrected chi connectivity index (χ3v) is 8.52. The second kappa shape index (κ2) is 15.9. The molecule has 1 fully saturated rings. The lowest BCUT2D eigenvalue weighted by Gasteiger charge is -2.24. The summed E-state index contributed by atoms with van der Waals surface area (Å²) in [4.78, 5) is 54.7. The van der Waals surface area contributed by atoms with Gasteiger partial charge in [0.2, 0.25) is 5.95 Å². The van der Waals surface area contributed by atoms with Crippen LogP contribution in [0.1, 0.15) is 49.0 Å². The Balaban J connectivity index is 1.63. The number of nitrogens with one attached hydrogen (secondary N) is 1. The molecule has 1 atom stereocenters. The van der Waals surface area contributed by atoms with Gasteiger partial charge in [-0.2, -0.15) is 23.2 Å². The summed E-state index contributed by atoms with van der Waals surface area (Å²) in [6, 6.07) is 9.89. The minimum Gasteiger partial charge on any atom is -0.376 e. The molecule has 0 aliphatic carbocycles. The number of anilines is 1. The van der Waals surface area contributed by atoms with Crippen molar-refractivity contribution in [2.45, 2.75) is 52.3 Å². The maximum absolute atomic E-state index is 15.1. The Morgan fingerprint density at radius 3 is 2.43 bits per heavy atom. The normalized spacial score (nSPS) is 14.6. The molecule has 1 aliphatic heterocycles. The fourth-order valence-electron chi connectivity index (χ4n) is 5.80. The zero-order valence-electron chi connectivity index (χ0n) is 28.2. The number of nitrogens with zero attached hydrogens (tertiary/aromatic N) is 5. The van der Waals surface area contributed by atoms with E-state index in [9.17, 15) is 27.6 Å². The number of hydrogen-bond donors (Lipinski definition) is 1. The molecule has 3 heterocycles. The smallest absolute Gasteiger partial charge is 0.376 e. The quantitative estimate of drug-likeness (QED) is 0.110. The van der Waals surface area contributed by atoms with Crippen LogP contribution in [-0.4, -0.2) is 88.0 Å². The van der Waals surface area contributed by atoms with E-state index in [1.54, 1.807) is 6.92 Å². The van der Waals surface area contributed by atoms with Crippen LogP contribution < -0.4 is 10.9 Å². The van der Waals surface area contributed by atoms with Gasteiger partial charge in [0, 0.05) is 35.7 Å². The molecule has 0 radical (unpaired) electrons. The first-order valence-corrected chi connectivity index (χ1v) is 16.5. The number of hydroxylamine groups is 2. The third kappa shape index (κ3) is 8.51. The van der Waals surface area contributed by atoms with E-state index in [1.165, 1.54) is 24.3 Å². The zero-order valence-corrected chi connectivity index (χ0v) is 28.2. The molecule has 1 amide bonds. The molecule has 0 bridgehead atoms. The highest BCUT2D eigenvalue weighted by Crippen LogP contribution is 2.32. The number of ether oxygens (including phenoxy) is 1. The van der Waals surface area contributed by atoms with Crippen LogP contribution in [0, 0.1) is 18.6 Å². The van der Waals surface area contributed by atoms with E-state index in [4.69, 9.17) is 4.74 Å². The first-order chi connectivity index (χ1) is 24.3. The van der Waals surface area contributed by atoms with Crippen molar-refractivity contribution in [2.75, 3.05) is 44.6 Å². The predicted octanol–water partition coefficient (Wildman–Crippen LogP) is 5.82. The highest BCUT2D eigenvalue weighted by molar-refractivity contribution is 5.98. The van der Waals surface area contributed by atoms with Gasteiger partial charge in [-0.3, -0.25) is 14.2 Å². The fraction of sp³-hybridized carbons (Fsp3) is 0.400. The molecule has 1 N–H and O–H groups in total. The van der Waals surface area contributed by atoms with Gasteiger partial charge in [-0.15, -0.1) is 0 Å². The van der Waals surface area contributed by atoms with Gasteiger partial charge in [0.05, 0.1) is 18.3 Å². The van der Waals surface area contributed by atoms with E-state index in [0.717, 1.165) is 48.5 Å². The van der Waals surface area contributed by atoms with Crippen LogP contribution in [-0.2, 0) is 14.4 Å². The molecule has 11 nitrogen and oxygen atoms in total. The van der Waals surface area contributed by atoms with Gasteiger partial charge < -0.3 is 19.8 Å². The number of amides is 1. The fourth-order valence-corrected chi connectivity index (χ4v) is 5.80. The first-order valence-electron chi connectivity index (χ1n) is 16.5. The summed E-state index contributed by atoms with van der Waals surface area (Å²) < 4.78 is 76.1. The Bertz CT molecular complexity index is 1940. The number of carbonyl (C=O) groups excluding carboxylic acids is 2. The van der Waals surface area contributed by atoms with Crippen molar-refractivity contribution in [3.8, 4) is 16.9 Å². The largest absolute Gasteiger partial charge is 0.493 e. The zero-order chi connectivity index (χ0) is 36.9. The summed E-state index contributed by atoms with van der Waals surface area (Å²) in [5.74, 6) is -5.63. The number of carbonyl (C=O) groups is 2. The molecule has 0 spiro atoms. The molecule has 1 saturated heterocycles. The maximum atomic E-state index is 15.1. The van der Waals surface area contributed by atoms with Crippen molar-refractivity contribution in [1.82, 2.24) is 24.5 Å². The Kier molecular flexibility index (Phi) is 11.7. The van der Waals surface area contributed by atoms with Crippen molar-refractivity contribution < 1.29 is 41.1 Å². The molecule has 5 rings (SSSR count). The topological polar surface area (TPSA) is 119 Å². The van der Waals surface area contributed by atoms with Crippen molar-refractivity contribution in [3.63, 3.8) is 0 Å². The molecular formula is C35H37F5N6O5. The summed E-state index contributed by atoms with van der Waals surface area (Å²) in [5.41, 5.74) is -0.732. The summed E-state index contributed by atoms with van der Waals surface area (Å²) in [6.45, 7) is 8.52. The van der Waals surface area contributed by atoms with Crippen LogP contribution in [0.25, 0.3) is 28.0 Å². The summed E-state index contributed by atoms with van der Waals surface area (Å²) in [5, 5.41) is 3.64. The Morgan fingerprint density at radius 1 is 1.06 bits per heavy atom. The average Bonchev–Trinajstić information content (AvgIpc) is 3.61. The number of aryl methyl sites for hydroxylation is 1. The number of aromatic nitrogens is 3. The number of benzene rings is 2. The van der Waals surface area contributed by atoms with Crippen LogP contribution in [0.5, 0.6) is 0 Å². The number of pyridine rings is 1. The summed E-state index contributed by atoms with van der Waals surface area (Å²) >= 11 is 0. The van der Waals surface area contributed by atoms with Gasteiger partial charge >= 0.3 is 12.1 Å². The standard InChI is InChI=1S/C35H37F5N6O5/c1-4-44(5-2)17-8-16-41-34-42-29(24-14-15-28(47)46(31(24)43-34)30-26(36)10-6-11-27(30)37)25-19-22(13-12-21(25)3)32(48)45(20-23-9-7-18-50-23)51-33(49)35(38,39)40/h6,10-15,19,23H,4-5,7-9,16-18,20H2,1-3H3,(H,41,42,43). The Hall–Kier alpha value is -4.96. The van der Waals surface area contributed by atoms with E-state index in [2.05, 4.69) is 25.0 Å². The SMILES string of the molecule is CCN(CC)CCCNc1nc(-c2cc(C(=O)N(CC3CCCO3)OC(=O)C(F)(F)F)ccc2C)c2ccc(=O)n(-c3c(F)cccc3F)c2n1. The minimum absolute atomic E-state index is 0.0170. The second-order valence-corrected chi connectivity index (χ2v) is 11.9. The molecular weight excluding hydrogens is 679 g/mol. The van der Waals surface area contributed by atoms with Crippen molar-refractivity contribution >= 4 is 28.9 Å². The summed E-state index contributed by atoms with van der Waals surface area (Å²) in [6.07, 6.45) is -4.29. The van der Waals surface area contributed by atoms with E-state index < -0.39 is 53.6 Å². The van der Waals surface area contributed by atoms with Crippen LogP contribution >= 0.6 is 0 Å². The third-order valence-electron chi connectivity index (χ3n) is 8.52. The van der Waals surface area contributed by atoms with E-state index in [1.807, 2.05) is 13.8 Å². The molecule has 2 aromatic heterocycles. The predicted molar refractivity (Wildman–Crippen MR) is 178 cm³/mol. The highest BCUT2D eigenvalue weighted by atomic mass is 19.4. The van der Waals surface area contributed by atoms with Crippen LogP contribution in [0.15, 0.2) is 53.3 Å². The van der Waals surface area contributed by atoms with Gasteiger partial charge in [-0.05, 0) is 81.7 Å². The number of rotatable bonds is 12. The highest BCUT2D eigenvalue weighted by Gasteiger charge is 2.44. The van der Waals surface area contributed by atoms with E-state index in [-0.39, 0.29) is 33.8 Å². The van der Waals surface area contributed by atoms with Crippen molar-refractivity contribution in [2.24, 2.45) is 0 Å². The van der Waals surface area contributed by atoms with Crippen LogP contribution in [0.2, 0.25) is 0 Å². The van der Waals surface area contributed by atoms with Gasteiger partial charge in [0.1, 0.15) is 17.3 Å². The van der Waals surface area contributed by atoms with Gasteiger partial charge in [0.15, 0.2) is 5.65 Å². The van der Waals surface area contributed by atoms with Gasteiger partial charge in [0.25, 0.3) is 11.5 Å². The molecule has 272 valence electrons. The number of para-hydroxylation sites is 1. The first kappa shape index (κ1) is 37.3. The second-order valence-electron chi connectivity index (χ2n) is 11.9. The number of alkyl halides is 3. The lowest BCUT2D eigenvalue weighted by molar-refractivity contribution is -0.230. The lowest BCUT2D eigenvalue weighted by Crippen LogP contribution is -2.42. The minimum atomic E-state index is -5.37. The van der Waals surface area contributed by atoms with Crippen molar-refractivity contribution in [1.29, 1.82) is 0 Å². The van der Waals surface area contributed by atoms with Crippen molar-refractivity contribution in [3.05, 3.63) is 81.6 Å². The van der Waals surface area contributed by atoms with E-state index in [0.29, 0.717) is 43.0 Å². The van der Waals surface area contributed by atoms with Crippen LogP contribution in [0.4, 0.5) is 27.9 Å². The average molecular weight is 717 g/mol. The molecule has 2 aromatic carbocycles. The Morgan fingerprint density at radius 2 is 1.78 bits per heavy atom. The number of fused-ring (bicyclic) bond motifs is 1. The maximum Gasteiger partial charge on any atom is 0.493 e. The molecule has 1 aliphatic rings. The molecule has 4 aromatic rings. The number of halogens is 5. The monoisotopic (exact) mass is 716 g/mol. The van der Waals surface area contributed by atoms with Gasteiger partial charge in [-0.1, -0.05) is 26.0 Å². The Labute approximate surface area is 289 Å². The number of hydrogen-bond acceptors (Lipinski definition) is 9. The lowest BCUT2D eigenvalue weighted by atomic mass is 9.99.